The van der Waals surface area contributed by atoms with Gasteiger partial charge < -0.3 is 23.9 Å². The van der Waals surface area contributed by atoms with Gasteiger partial charge in [-0.25, -0.2) is 0 Å². The summed E-state index contributed by atoms with van der Waals surface area (Å²) in [4.78, 5) is 0. The predicted octanol–water partition coefficient (Wildman–Crippen LogP) is 4.57. The van der Waals surface area contributed by atoms with Gasteiger partial charge in [-0.05, 0) is 35.6 Å². The Morgan fingerprint density at radius 1 is 0.818 bits per heavy atom. The van der Waals surface area contributed by atoms with Crippen LogP contribution in [0.25, 0.3) is 0 Å². The molecule has 2 N–H and O–H groups in total. The minimum absolute atomic E-state index is 0.0508. The molecule has 175 valence electrons. The highest BCUT2D eigenvalue weighted by molar-refractivity contribution is 6.58. The van der Waals surface area contributed by atoms with Crippen molar-refractivity contribution < 1.29 is 23.9 Å². The van der Waals surface area contributed by atoms with Gasteiger partial charge in [0.1, 0.15) is 18.1 Å². The molecule has 3 rings (SSSR count). The van der Waals surface area contributed by atoms with Crippen molar-refractivity contribution in [3.05, 3.63) is 83.9 Å². The average Bonchev–Trinajstić information content (AvgIpc) is 2.78. The van der Waals surface area contributed by atoms with Gasteiger partial charge in [0.25, 0.3) is 9.04 Å². The van der Waals surface area contributed by atoms with Crippen LogP contribution < -0.4 is 19.4 Å². The van der Waals surface area contributed by atoms with Crippen LogP contribution in [-0.2, 0) is 12.0 Å². The van der Waals surface area contributed by atoms with Gasteiger partial charge in [0.2, 0.25) is 0 Å². The molecule has 0 heterocycles. The zero-order valence-electron chi connectivity index (χ0n) is 20.3. The van der Waals surface area contributed by atoms with Crippen LogP contribution in [-0.4, -0.2) is 33.3 Å². The molecule has 0 fully saturated rings. The van der Waals surface area contributed by atoms with Crippen LogP contribution >= 0.6 is 0 Å². The van der Waals surface area contributed by atoms with Crippen LogP contribution in [0.1, 0.15) is 31.9 Å². The number of methoxy groups -OCH3 is 1. The monoisotopic (exact) mass is 465 g/mol. The minimum atomic E-state index is -1.34. The second-order valence-electron chi connectivity index (χ2n) is 8.82. The van der Waals surface area contributed by atoms with Crippen molar-refractivity contribution in [2.45, 2.75) is 45.9 Å². The molecule has 0 amide bonds. The summed E-state index contributed by atoms with van der Waals surface area (Å²) in [6.45, 7) is 11.3. The highest BCUT2D eigenvalue weighted by Gasteiger charge is 2.23. The molecule has 0 aliphatic heterocycles. The Balaban J connectivity index is 0.000000357. The topological polar surface area (TPSA) is 68.2 Å². The third-order valence-electron chi connectivity index (χ3n) is 4.72. The first-order valence-corrected chi connectivity index (χ1v) is 13.3. The van der Waals surface area contributed by atoms with E-state index in [9.17, 15) is 0 Å². The van der Waals surface area contributed by atoms with Crippen LogP contribution in [0.4, 0.5) is 0 Å². The summed E-state index contributed by atoms with van der Waals surface area (Å²) in [5.74, 6) is 2.36. The van der Waals surface area contributed by atoms with E-state index in [0.29, 0.717) is 12.1 Å². The van der Waals surface area contributed by atoms with Crippen LogP contribution in [0.3, 0.4) is 0 Å². The van der Waals surface area contributed by atoms with Gasteiger partial charge in [0, 0.05) is 11.6 Å². The third kappa shape index (κ3) is 8.61. The van der Waals surface area contributed by atoms with Gasteiger partial charge in [-0.3, -0.25) is 0 Å². The lowest BCUT2D eigenvalue weighted by Gasteiger charge is -2.25. The summed E-state index contributed by atoms with van der Waals surface area (Å²) in [7, 11) is -0.546. The zero-order chi connectivity index (χ0) is 24.4. The van der Waals surface area contributed by atoms with Crippen LogP contribution in [0, 0.1) is 0 Å². The van der Waals surface area contributed by atoms with E-state index in [1.54, 1.807) is 31.4 Å². The van der Waals surface area contributed by atoms with E-state index >= 15 is 0 Å². The lowest BCUT2D eigenvalue weighted by Crippen LogP contribution is -2.29. The maximum absolute atomic E-state index is 8.58. The molecule has 7 heteroatoms. The summed E-state index contributed by atoms with van der Waals surface area (Å²) < 4.78 is 17.7. The fourth-order valence-corrected chi connectivity index (χ4v) is 3.67. The fourth-order valence-electron chi connectivity index (χ4n) is 3.07. The van der Waals surface area contributed by atoms with Crippen molar-refractivity contribution in [1.29, 1.82) is 0 Å². The van der Waals surface area contributed by atoms with E-state index in [1.165, 1.54) is 0 Å². The maximum atomic E-state index is 8.58. The molecule has 1 radical (unpaired) electrons. The van der Waals surface area contributed by atoms with Crippen LogP contribution in [0.2, 0.25) is 13.1 Å². The Bertz CT molecular complexity index is 973. The predicted molar refractivity (Wildman–Crippen MR) is 137 cm³/mol. The largest absolute Gasteiger partial charge is 0.540 e. The van der Waals surface area contributed by atoms with Crippen molar-refractivity contribution in [3.63, 3.8) is 0 Å². The maximum Gasteiger partial charge on any atom is 0.488 e. The normalized spacial score (nSPS) is 10.8. The molecule has 3 aromatic carbocycles. The number of hydrogen-bond donors (Lipinski definition) is 2. The van der Waals surface area contributed by atoms with Gasteiger partial charge >= 0.3 is 7.12 Å². The molecule has 3 aromatic rings. The van der Waals surface area contributed by atoms with Crippen molar-refractivity contribution in [1.82, 2.24) is 0 Å². The molecule has 0 aromatic heterocycles. The Labute approximate surface area is 199 Å². The first-order valence-electron chi connectivity index (χ1n) is 10.9. The molecule has 0 bridgehead atoms. The van der Waals surface area contributed by atoms with Gasteiger partial charge in [-0.15, -0.1) is 0 Å². The van der Waals surface area contributed by atoms with Crippen molar-refractivity contribution in [2.75, 3.05) is 7.11 Å². The standard InChI is InChI=1S/C20H27O3Si.C6H7BO2/c1-20(2,3)16-12-19(23-24(5)6)18(21-4)13-17(16)22-14-15-10-8-7-9-11-15;8-7(9)6-4-2-1-3-5-6/h7-13H,14H2,1-6H3;1-5,8-9H. The highest BCUT2D eigenvalue weighted by Crippen LogP contribution is 2.41. The second-order valence-corrected chi connectivity index (χ2v) is 10.8. The molecule has 0 unspecified atom stereocenters. The van der Waals surface area contributed by atoms with Crippen molar-refractivity contribution >= 4 is 21.6 Å². The zero-order valence-corrected chi connectivity index (χ0v) is 21.3. The lowest BCUT2D eigenvalue weighted by atomic mass is 9.81. The molecule has 0 spiro atoms. The lowest BCUT2D eigenvalue weighted by molar-refractivity contribution is 0.293. The molecular formula is C26H34BO5Si. The van der Waals surface area contributed by atoms with E-state index < -0.39 is 16.2 Å². The number of ether oxygens (including phenoxy) is 2. The molecule has 0 saturated carbocycles. The highest BCUT2D eigenvalue weighted by atomic mass is 28.3. The molecular weight excluding hydrogens is 431 g/mol. The summed E-state index contributed by atoms with van der Waals surface area (Å²) in [6, 6.07) is 22.8. The van der Waals surface area contributed by atoms with Gasteiger partial charge in [0.05, 0.1) is 7.11 Å². The van der Waals surface area contributed by atoms with Gasteiger partial charge in [-0.1, -0.05) is 81.4 Å². The van der Waals surface area contributed by atoms with Gasteiger partial charge in [0.15, 0.2) is 5.75 Å². The summed E-state index contributed by atoms with van der Waals surface area (Å²) in [6.07, 6.45) is 0. The Morgan fingerprint density at radius 3 is 1.85 bits per heavy atom. The summed E-state index contributed by atoms with van der Waals surface area (Å²) in [5, 5.41) is 17.2. The smallest absolute Gasteiger partial charge is 0.488 e. The Hall–Kier alpha value is -2.74. The van der Waals surface area contributed by atoms with Crippen molar-refractivity contribution in [3.8, 4) is 17.2 Å². The molecule has 0 aliphatic carbocycles. The molecule has 33 heavy (non-hydrogen) atoms. The minimum Gasteiger partial charge on any atom is -0.540 e. The van der Waals surface area contributed by atoms with Crippen molar-refractivity contribution in [2.24, 2.45) is 0 Å². The number of rotatable bonds is 7. The van der Waals surface area contributed by atoms with Crippen LogP contribution in [0.15, 0.2) is 72.8 Å². The number of hydrogen-bond acceptors (Lipinski definition) is 5. The molecule has 5 nitrogen and oxygen atoms in total. The van der Waals surface area contributed by atoms with E-state index in [4.69, 9.17) is 23.9 Å². The molecule has 0 aliphatic rings. The quantitative estimate of drug-likeness (QED) is 0.501. The summed E-state index contributed by atoms with van der Waals surface area (Å²) >= 11 is 0. The SMILES string of the molecule is COc1cc(OCc2ccccc2)c(C(C)(C)C)cc1O[Si](C)C.OB(O)c1ccccc1. The van der Waals surface area contributed by atoms with E-state index in [1.807, 2.05) is 30.3 Å². The molecule has 0 saturated heterocycles. The van der Waals surface area contributed by atoms with E-state index in [-0.39, 0.29) is 5.41 Å². The Kier molecular flexibility index (Phi) is 10.0. The number of benzene rings is 3. The summed E-state index contributed by atoms with van der Waals surface area (Å²) in [5.41, 5.74) is 2.74. The molecule has 0 atom stereocenters. The average molecular weight is 465 g/mol. The Morgan fingerprint density at radius 2 is 1.39 bits per heavy atom. The van der Waals surface area contributed by atoms with E-state index in [0.717, 1.165) is 28.4 Å². The third-order valence-corrected chi connectivity index (χ3v) is 5.35. The van der Waals surface area contributed by atoms with E-state index in [2.05, 4.69) is 52.1 Å². The fraction of sp³-hybridized carbons (Fsp3) is 0.308. The first kappa shape index (κ1) is 26.5. The van der Waals surface area contributed by atoms with Crippen LogP contribution in [0.5, 0.6) is 17.2 Å². The first-order chi connectivity index (χ1) is 15.6. The second kappa shape index (κ2) is 12.5. The van der Waals surface area contributed by atoms with Gasteiger partial charge in [-0.2, -0.15) is 0 Å².